The number of anilines is 1. The maximum atomic E-state index is 12.4. The molecule has 2 aromatic carbocycles. The number of benzene rings is 2. The van der Waals surface area contributed by atoms with Gasteiger partial charge in [-0.3, -0.25) is 4.79 Å². The zero-order valence-corrected chi connectivity index (χ0v) is 20.2. The molecular weight excluding hydrogens is 466 g/mol. The Kier molecular flexibility index (Phi) is 9.07. The van der Waals surface area contributed by atoms with Gasteiger partial charge in [0, 0.05) is 11.1 Å². The summed E-state index contributed by atoms with van der Waals surface area (Å²) in [6, 6.07) is 7.58. The predicted molar refractivity (Wildman–Crippen MR) is 129 cm³/mol. The molecule has 0 bridgehead atoms. The monoisotopic (exact) mass is 493 g/mol. The minimum absolute atomic E-state index is 0. The van der Waals surface area contributed by atoms with Gasteiger partial charge < -0.3 is 35.1 Å². The van der Waals surface area contributed by atoms with Gasteiger partial charge in [-0.05, 0) is 37.3 Å². The molecule has 0 spiro atoms. The van der Waals surface area contributed by atoms with E-state index in [4.69, 9.17) is 24.7 Å². The third-order valence-corrected chi connectivity index (χ3v) is 5.04. The van der Waals surface area contributed by atoms with Gasteiger partial charge in [0.2, 0.25) is 11.7 Å². The first-order valence-electron chi connectivity index (χ1n) is 9.98. The fraction of sp³-hybridized carbons (Fsp3) is 0.318. The van der Waals surface area contributed by atoms with Crippen LogP contribution in [0.3, 0.4) is 0 Å². The van der Waals surface area contributed by atoms with Crippen LogP contribution in [0.25, 0.3) is 22.5 Å². The summed E-state index contributed by atoms with van der Waals surface area (Å²) in [6.07, 6.45) is -1.01. The molecule has 2 unspecified atom stereocenters. The number of hydrogen-bond donors (Lipinski definition) is 4. The maximum Gasteiger partial charge on any atom is 0.244 e. The second-order valence-electron chi connectivity index (χ2n) is 7.11. The lowest BCUT2D eigenvalue weighted by Gasteiger charge is -2.17. The standard InChI is InChI=1S/C22H27N5O6.ClH/c1-11(28)18(23)22(29)24-14-8-12(6-7-15(14)30-2)19-20(26-27-25-19)13-9-16(31-3)21(33-5)17(10-13)32-4;/h6-11,18,28H,23H2,1-5H3,(H,24,29)(H,25,26,27);1H. The number of hydrogen-bond acceptors (Lipinski definition) is 9. The highest BCUT2D eigenvalue weighted by Gasteiger charge is 2.22. The highest BCUT2D eigenvalue weighted by atomic mass is 35.5. The molecule has 3 aromatic rings. The van der Waals surface area contributed by atoms with E-state index in [0.717, 1.165) is 0 Å². The number of rotatable bonds is 9. The van der Waals surface area contributed by atoms with Crippen molar-refractivity contribution in [2.75, 3.05) is 33.8 Å². The van der Waals surface area contributed by atoms with Gasteiger partial charge in [-0.2, -0.15) is 15.4 Å². The van der Waals surface area contributed by atoms with Crippen LogP contribution in [0.1, 0.15) is 6.92 Å². The average Bonchev–Trinajstić information content (AvgIpc) is 3.32. The zero-order chi connectivity index (χ0) is 24.1. The maximum absolute atomic E-state index is 12.4. The van der Waals surface area contributed by atoms with Gasteiger partial charge in [0.1, 0.15) is 23.2 Å². The van der Waals surface area contributed by atoms with Crippen molar-refractivity contribution in [2.24, 2.45) is 5.73 Å². The van der Waals surface area contributed by atoms with Crippen LogP contribution in [-0.2, 0) is 4.79 Å². The number of carbonyl (C=O) groups excluding carboxylic acids is 1. The number of carbonyl (C=O) groups is 1. The van der Waals surface area contributed by atoms with Crippen LogP contribution in [-0.4, -0.2) is 67.0 Å². The normalized spacial score (nSPS) is 12.2. The van der Waals surface area contributed by atoms with E-state index in [1.165, 1.54) is 35.4 Å². The summed E-state index contributed by atoms with van der Waals surface area (Å²) in [6.45, 7) is 1.44. The van der Waals surface area contributed by atoms with Gasteiger partial charge in [-0.25, -0.2) is 0 Å². The Bertz CT molecular complexity index is 1110. The number of nitrogens with zero attached hydrogens (tertiary/aromatic N) is 2. The second-order valence-corrected chi connectivity index (χ2v) is 7.11. The molecule has 1 amide bonds. The number of aliphatic hydroxyl groups excluding tert-OH is 1. The fourth-order valence-electron chi connectivity index (χ4n) is 3.24. The van der Waals surface area contributed by atoms with Crippen LogP contribution in [0.4, 0.5) is 5.69 Å². The van der Waals surface area contributed by atoms with Gasteiger partial charge in [0.15, 0.2) is 11.5 Å². The van der Waals surface area contributed by atoms with Crippen LogP contribution in [0.2, 0.25) is 0 Å². The third kappa shape index (κ3) is 5.33. The molecule has 0 saturated heterocycles. The summed E-state index contributed by atoms with van der Waals surface area (Å²) < 4.78 is 21.6. The van der Waals surface area contributed by atoms with Gasteiger partial charge >= 0.3 is 0 Å². The van der Waals surface area contributed by atoms with Crippen molar-refractivity contribution in [1.29, 1.82) is 0 Å². The molecule has 12 heteroatoms. The van der Waals surface area contributed by atoms with Crippen molar-refractivity contribution in [3.63, 3.8) is 0 Å². The largest absolute Gasteiger partial charge is 0.495 e. The number of methoxy groups -OCH3 is 4. The molecule has 0 aliphatic rings. The highest BCUT2D eigenvalue weighted by molar-refractivity contribution is 5.97. The van der Waals surface area contributed by atoms with Gasteiger partial charge in [-0.15, -0.1) is 12.4 Å². The SMILES string of the molecule is COc1ccc(-c2n[nH]nc2-c2cc(OC)c(OC)c(OC)c2)cc1NC(=O)C(N)C(C)O.Cl. The van der Waals surface area contributed by atoms with Crippen LogP contribution < -0.4 is 30.0 Å². The molecular formula is C22H28ClN5O6. The fourth-order valence-corrected chi connectivity index (χ4v) is 3.24. The van der Waals surface area contributed by atoms with Crippen molar-refractivity contribution >= 4 is 24.0 Å². The Balaban J connectivity index is 0.00000408. The summed E-state index contributed by atoms with van der Waals surface area (Å²) in [4.78, 5) is 12.4. The van der Waals surface area contributed by atoms with Crippen molar-refractivity contribution in [3.8, 4) is 45.5 Å². The Morgan fingerprint density at radius 3 is 2.00 bits per heavy atom. The molecule has 184 valence electrons. The first-order chi connectivity index (χ1) is 15.8. The molecule has 1 heterocycles. The number of aromatic nitrogens is 3. The molecule has 0 aliphatic heterocycles. The summed E-state index contributed by atoms with van der Waals surface area (Å²) in [5.41, 5.74) is 8.48. The van der Waals surface area contributed by atoms with Crippen molar-refractivity contribution < 1.29 is 28.8 Å². The van der Waals surface area contributed by atoms with Crippen molar-refractivity contribution in [1.82, 2.24) is 15.4 Å². The van der Waals surface area contributed by atoms with E-state index in [1.54, 1.807) is 30.3 Å². The topological polar surface area (TPSA) is 154 Å². The Morgan fingerprint density at radius 2 is 1.50 bits per heavy atom. The second kappa shape index (κ2) is 11.5. The van der Waals surface area contributed by atoms with Crippen LogP contribution in [0.15, 0.2) is 30.3 Å². The molecule has 0 fully saturated rings. The van der Waals surface area contributed by atoms with Gasteiger partial charge in [-0.1, -0.05) is 0 Å². The van der Waals surface area contributed by atoms with E-state index in [9.17, 15) is 9.90 Å². The number of aromatic amines is 1. The van der Waals surface area contributed by atoms with Crippen LogP contribution in [0.5, 0.6) is 23.0 Å². The van der Waals surface area contributed by atoms with E-state index < -0.39 is 18.1 Å². The molecule has 1 aromatic heterocycles. The lowest BCUT2D eigenvalue weighted by Crippen LogP contribution is -2.43. The summed E-state index contributed by atoms with van der Waals surface area (Å²) in [5, 5.41) is 23.5. The quantitative estimate of drug-likeness (QED) is 0.351. The number of nitrogens with two attached hydrogens (primary N) is 1. The van der Waals surface area contributed by atoms with Crippen molar-refractivity contribution in [3.05, 3.63) is 30.3 Å². The lowest BCUT2D eigenvalue weighted by atomic mass is 10.0. The Labute approximate surface area is 203 Å². The number of nitrogens with one attached hydrogen (secondary N) is 2. The molecule has 5 N–H and O–H groups in total. The number of H-pyrrole nitrogens is 1. The van der Waals surface area contributed by atoms with E-state index in [0.29, 0.717) is 51.2 Å². The summed E-state index contributed by atoms with van der Waals surface area (Å²) in [5.74, 6) is 1.26. The minimum atomic E-state index is -1.10. The third-order valence-electron chi connectivity index (χ3n) is 5.04. The number of amides is 1. The number of halogens is 1. The zero-order valence-electron chi connectivity index (χ0n) is 19.4. The highest BCUT2D eigenvalue weighted by Crippen LogP contribution is 2.42. The van der Waals surface area contributed by atoms with Crippen molar-refractivity contribution in [2.45, 2.75) is 19.1 Å². The molecule has 0 radical (unpaired) electrons. The predicted octanol–water partition coefficient (Wildman–Crippen LogP) is 2.24. The first-order valence-corrected chi connectivity index (χ1v) is 9.98. The molecule has 34 heavy (non-hydrogen) atoms. The average molecular weight is 494 g/mol. The number of ether oxygens (including phenoxy) is 4. The Hall–Kier alpha value is -3.54. The van der Waals surface area contributed by atoms with Gasteiger partial charge in [0.25, 0.3) is 0 Å². The molecule has 11 nitrogen and oxygen atoms in total. The number of aliphatic hydroxyl groups is 1. The van der Waals surface area contributed by atoms with Gasteiger partial charge in [0.05, 0.1) is 40.2 Å². The summed E-state index contributed by atoms with van der Waals surface area (Å²) in [7, 11) is 6.07. The van der Waals surface area contributed by atoms with Crippen LogP contribution in [0, 0.1) is 0 Å². The smallest absolute Gasteiger partial charge is 0.244 e. The van der Waals surface area contributed by atoms with E-state index in [1.807, 2.05) is 0 Å². The van der Waals surface area contributed by atoms with Crippen LogP contribution >= 0.6 is 12.4 Å². The Morgan fingerprint density at radius 1 is 0.941 bits per heavy atom. The summed E-state index contributed by atoms with van der Waals surface area (Å²) >= 11 is 0. The molecule has 0 saturated carbocycles. The molecule has 0 aliphatic carbocycles. The molecule has 3 rings (SSSR count). The lowest BCUT2D eigenvalue weighted by molar-refractivity contribution is -0.119. The first kappa shape index (κ1) is 26.7. The van der Waals surface area contributed by atoms with E-state index >= 15 is 0 Å². The minimum Gasteiger partial charge on any atom is -0.495 e. The molecule has 2 atom stereocenters. The van der Waals surface area contributed by atoms with E-state index in [2.05, 4.69) is 20.7 Å². The van der Waals surface area contributed by atoms with E-state index in [-0.39, 0.29) is 12.4 Å².